The van der Waals surface area contributed by atoms with E-state index in [9.17, 15) is 30.8 Å². The van der Waals surface area contributed by atoms with Crippen molar-refractivity contribution in [3.63, 3.8) is 0 Å². The molecule has 1 aliphatic carbocycles. The number of carbonyl (C=O) groups is 1. The number of piperidine rings is 1. The summed E-state index contributed by atoms with van der Waals surface area (Å²) in [7, 11) is -3.48. The second-order valence-corrected chi connectivity index (χ2v) is 10.8. The van der Waals surface area contributed by atoms with Crippen LogP contribution in [0.25, 0.3) is 0 Å². The summed E-state index contributed by atoms with van der Waals surface area (Å²) < 4.78 is 79.1. The standard InChI is InChI=1S/C21H20ClF4N3O3S/c1-33(31,32)12-2-10(7-27-8-12)9-29-17-3-11(17)4-18(29)21(30)28-19(20(25)26)13-5-16(24)14(22)6-15(13)23/h2,5-8,11,17-20H,3-4,9H2,1H3,(H,28,30)/t11-,17-,18-,19+/m1/s1. The van der Waals surface area contributed by atoms with Crippen LogP contribution in [0.1, 0.15) is 30.0 Å². The van der Waals surface area contributed by atoms with Crippen LogP contribution in [0.5, 0.6) is 0 Å². The Morgan fingerprint density at radius 3 is 2.61 bits per heavy atom. The molecule has 2 aliphatic rings. The molecule has 1 aromatic carbocycles. The van der Waals surface area contributed by atoms with Gasteiger partial charge < -0.3 is 5.32 Å². The van der Waals surface area contributed by atoms with Crippen LogP contribution in [0, 0.1) is 17.6 Å². The van der Waals surface area contributed by atoms with Gasteiger partial charge in [-0.15, -0.1) is 0 Å². The first-order chi connectivity index (χ1) is 15.5. The largest absolute Gasteiger partial charge is 0.342 e. The molecule has 33 heavy (non-hydrogen) atoms. The topological polar surface area (TPSA) is 79.4 Å². The van der Waals surface area contributed by atoms with Gasteiger partial charge in [0, 0.05) is 36.8 Å². The molecule has 178 valence electrons. The van der Waals surface area contributed by atoms with Crippen LogP contribution in [0.3, 0.4) is 0 Å². The van der Waals surface area contributed by atoms with Crippen molar-refractivity contribution in [3.8, 4) is 0 Å². The predicted octanol–water partition coefficient (Wildman–Crippen LogP) is 3.50. The van der Waals surface area contributed by atoms with E-state index in [-0.39, 0.29) is 23.4 Å². The molecule has 2 heterocycles. The minimum atomic E-state index is -3.48. The molecule has 1 saturated heterocycles. The summed E-state index contributed by atoms with van der Waals surface area (Å²) in [6, 6.07) is -0.179. The number of nitrogens with one attached hydrogen (secondary N) is 1. The lowest BCUT2D eigenvalue weighted by Gasteiger charge is -2.29. The molecular formula is C21H20ClF4N3O3S. The number of rotatable bonds is 7. The van der Waals surface area contributed by atoms with E-state index in [1.54, 1.807) is 0 Å². The molecule has 1 saturated carbocycles. The van der Waals surface area contributed by atoms with Gasteiger partial charge in [0.1, 0.15) is 17.7 Å². The van der Waals surface area contributed by atoms with E-state index >= 15 is 0 Å². The predicted molar refractivity (Wildman–Crippen MR) is 111 cm³/mol. The van der Waals surface area contributed by atoms with E-state index in [4.69, 9.17) is 11.6 Å². The number of hydrogen-bond acceptors (Lipinski definition) is 5. The van der Waals surface area contributed by atoms with Crippen molar-refractivity contribution in [2.75, 3.05) is 6.26 Å². The van der Waals surface area contributed by atoms with E-state index < -0.39 is 56.5 Å². The summed E-state index contributed by atoms with van der Waals surface area (Å²) in [5, 5.41) is 1.61. The summed E-state index contributed by atoms with van der Waals surface area (Å²) in [4.78, 5) is 18.7. The fourth-order valence-corrected chi connectivity index (χ4v) is 5.06. The molecule has 0 spiro atoms. The fourth-order valence-electron chi connectivity index (χ4n) is 4.30. The Labute approximate surface area is 192 Å². The summed E-state index contributed by atoms with van der Waals surface area (Å²) in [5.41, 5.74) is -0.139. The zero-order valence-electron chi connectivity index (χ0n) is 17.3. The maximum absolute atomic E-state index is 14.2. The molecule has 0 unspecified atom stereocenters. The molecule has 4 atom stereocenters. The molecule has 0 radical (unpaired) electrons. The smallest absolute Gasteiger partial charge is 0.262 e. The molecule has 1 aliphatic heterocycles. The van der Waals surface area contributed by atoms with Gasteiger partial charge >= 0.3 is 0 Å². The molecule has 4 rings (SSSR count). The van der Waals surface area contributed by atoms with Crippen LogP contribution in [0.4, 0.5) is 17.6 Å². The van der Waals surface area contributed by atoms with Crippen LogP contribution in [-0.2, 0) is 21.2 Å². The Hall–Kier alpha value is -2.24. The average molecular weight is 506 g/mol. The maximum Gasteiger partial charge on any atom is 0.262 e. The molecular weight excluding hydrogens is 486 g/mol. The summed E-state index contributed by atoms with van der Waals surface area (Å²) in [6.45, 7) is 0.193. The number of alkyl halides is 2. The zero-order valence-corrected chi connectivity index (χ0v) is 18.9. The quantitative estimate of drug-likeness (QED) is 0.460. The number of carbonyl (C=O) groups excluding carboxylic acids is 1. The van der Waals surface area contributed by atoms with Crippen molar-refractivity contribution in [3.05, 3.63) is 58.4 Å². The molecule has 1 amide bonds. The van der Waals surface area contributed by atoms with Crippen molar-refractivity contribution in [2.45, 2.75) is 48.8 Å². The number of fused-ring (bicyclic) bond motifs is 1. The Kier molecular flexibility index (Phi) is 6.41. The van der Waals surface area contributed by atoms with E-state index in [1.807, 2.05) is 4.90 Å². The third kappa shape index (κ3) is 4.99. The van der Waals surface area contributed by atoms with E-state index in [2.05, 4.69) is 10.3 Å². The molecule has 0 bridgehead atoms. The first-order valence-electron chi connectivity index (χ1n) is 10.1. The number of amides is 1. The first kappa shape index (κ1) is 23.9. The number of hydrogen-bond donors (Lipinski definition) is 1. The van der Waals surface area contributed by atoms with Gasteiger partial charge in [-0.05, 0) is 42.5 Å². The number of nitrogens with zero attached hydrogens (tertiary/aromatic N) is 2. The third-order valence-electron chi connectivity index (χ3n) is 6.03. The summed E-state index contributed by atoms with van der Waals surface area (Å²) in [6.07, 6.45) is 1.82. The lowest BCUT2D eigenvalue weighted by atomic mass is 10.0. The van der Waals surface area contributed by atoms with Gasteiger partial charge in [0.05, 0.1) is 16.0 Å². The SMILES string of the molecule is CS(=O)(=O)c1cncc(CN2[C@@H](C(=O)N[C@@H](c3cc(F)c(Cl)cc3F)C(F)F)C[C@H]3C[C@H]32)c1. The number of aromatic nitrogens is 1. The number of halogens is 5. The van der Waals surface area contributed by atoms with Gasteiger partial charge in [-0.2, -0.15) is 0 Å². The molecule has 2 fully saturated rings. The van der Waals surface area contributed by atoms with Gasteiger partial charge in [0.2, 0.25) is 5.91 Å². The average Bonchev–Trinajstić information content (AvgIpc) is 3.42. The van der Waals surface area contributed by atoms with Crippen LogP contribution in [0.2, 0.25) is 5.02 Å². The van der Waals surface area contributed by atoms with Crippen LogP contribution < -0.4 is 5.32 Å². The highest BCUT2D eigenvalue weighted by Gasteiger charge is 2.54. The monoisotopic (exact) mass is 505 g/mol. The Morgan fingerprint density at radius 2 is 1.94 bits per heavy atom. The molecule has 2 aromatic rings. The van der Waals surface area contributed by atoms with Crippen LogP contribution in [-0.4, -0.2) is 49.0 Å². The van der Waals surface area contributed by atoms with Crippen LogP contribution >= 0.6 is 11.6 Å². The highest BCUT2D eigenvalue weighted by molar-refractivity contribution is 7.90. The van der Waals surface area contributed by atoms with Crippen LogP contribution in [0.15, 0.2) is 35.5 Å². The normalized spacial score (nSPS) is 23.4. The minimum absolute atomic E-state index is 0.0329. The number of pyridine rings is 1. The van der Waals surface area contributed by atoms with Crippen molar-refractivity contribution < 1.29 is 30.8 Å². The second kappa shape index (κ2) is 8.84. The minimum Gasteiger partial charge on any atom is -0.342 e. The Morgan fingerprint density at radius 1 is 1.21 bits per heavy atom. The maximum atomic E-state index is 14.2. The number of benzene rings is 1. The lowest BCUT2D eigenvalue weighted by molar-refractivity contribution is -0.128. The van der Waals surface area contributed by atoms with Crippen molar-refractivity contribution in [1.29, 1.82) is 0 Å². The van der Waals surface area contributed by atoms with Gasteiger partial charge in [0.25, 0.3) is 6.43 Å². The van der Waals surface area contributed by atoms with E-state index in [0.29, 0.717) is 24.1 Å². The van der Waals surface area contributed by atoms with E-state index in [0.717, 1.165) is 12.7 Å². The zero-order chi connectivity index (χ0) is 24.1. The van der Waals surface area contributed by atoms with Crippen molar-refractivity contribution in [2.24, 2.45) is 5.92 Å². The summed E-state index contributed by atoms with van der Waals surface area (Å²) in [5.74, 6) is -2.76. The Balaban J connectivity index is 1.54. The van der Waals surface area contributed by atoms with E-state index in [1.165, 1.54) is 18.5 Å². The summed E-state index contributed by atoms with van der Waals surface area (Å²) >= 11 is 5.50. The molecule has 12 heteroatoms. The fraction of sp³-hybridized carbons (Fsp3) is 0.429. The molecule has 1 N–H and O–H groups in total. The van der Waals surface area contributed by atoms with Crippen molar-refractivity contribution >= 4 is 27.3 Å². The first-order valence-corrected chi connectivity index (χ1v) is 12.4. The van der Waals surface area contributed by atoms with Gasteiger partial charge in [-0.1, -0.05) is 11.6 Å². The Bertz CT molecular complexity index is 1200. The van der Waals surface area contributed by atoms with Gasteiger partial charge in [-0.3, -0.25) is 14.7 Å². The second-order valence-electron chi connectivity index (χ2n) is 8.40. The highest BCUT2D eigenvalue weighted by atomic mass is 35.5. The number of likely N-dealkylation sites (tertiary alicyclic amines) is 1. The van der Waals surface area contributed by atoms with Crippen molar-refractivity contribution in [1.82, 2.24) is 15.2 Å². The third-order valence-corrected chi connectivity index (χ3v) is 7.40. The number of sulfone groups is 1. The molecule has 1 aromatic heterocycles. The molecule has 6 nitrogen and oxygen atoms in total. The van der Waals surface area contributed by atoms with Gasteiger partial charge in [0.15, 0.2) is 9.84 Å². The van der Waals surface area contributed by atoms with Gasteiger partial charge in [-0.25, -0.2) is 26.0 Å². The highest BCUT2D eigenvalue weighted by Crippen LogP contribution is 2.48. The lowest BCUT2D eigenvalue weighted by Crippen LogP contribution is -2.47.